The highest BCUT2D eigenvalue weighted by Gasteiger charge is 2.21. The Labute approximate surface area is 137 Å². The van der Waals surface area contributed by atoms with Gasteiger partial charge in [-0.15, -0.1) is 5.10 Å². The van der Waals surface area contributed by atoms with Gasteiger partial charge in [-0.3, -0.25) is 0 Å². The second-order valence-electron chi connectivity index (χ2n) is 5.09. The monoisotopic (exact) mass is 321 g/mol. The Bertz CT molecular complexity index is 596. The minimum Gasteiger partial charge on any atom is -0.434 e. The maximum Gasteiger partial charge on any atom is 0.238 e. The van der Waals surface area contributed by atoms with Crippen molar-refractivity contribution < 1.29 is 15.3 Å². The lowest BCUT2D eigenvalue weighted by molar-refractivity contribution is 0.0253. The highest BCUT2D eigenvalue weighted by molar-refractivity contribution is 5.35. The molecule has 5 nitrogen and oxygen atoms in total. The van der Waals surface area contributed by atoms with E-state index in [1.165, 1.54) is 12.6 Å². The topological polar surface area (TPSA) is 56.3 Å². The largest absolute Gasteiger partial charge is 0.434 e. The third kappa shape index (κ3) is 4.97. The molecule has 0 radical (unpaired) electrons. The first-order chi connectivity index (χ1) is 11.3. The van der Waals surface area contributed by atoms with Crippen molar-refractivity contribution in [3.8, 4) is 11.6 Å². The molecule has 1 N–H and O–H groups in total. The molecule has 0 spiro atoms. The predicted octanol–water partition coefficient (Wildman–Crippen LogP) is 3.73. The van der Waals surface area contributed by atoms with Crippen molar-refractivity contribution in [2.75, 3.05) is 19.7 Å². The number of rotatable bonds is 3. The smallest absolute Gasteiger partial charge is 0.238 e. The van der Waals surface area contributed by atoms with Crippen LogP contribution in [0.1, 0.15) is 33.4 Å². The number of hydrogen-bond donors (Lipinski definition) is 1. The average Bonchev–Trinajstić information content (AvgIpc) is 2.59. The maximum absolute atomic E-state index is 14.5. The number of halogens is 1. The molecular weight excluding hydrogens is 297 g/mol. The van der Waals surface area contributed by atoms with E-state index < -0.39 is 5.82 Å². The van der Waals surface area contributed by atoms with Crippen LogP contribution in [0.4, 0.5) is 4.39 Å². The van der Waals surface area contributed by atoms with E-state index in [0.29, 0.717) is 18.7 Å². The first-order valence-corrected chi connectivity index (χ1v) is 7.82. The molecule has 1 atom stereocenters. The summed E-state index contributed by atoms with van der Waals surface area (Å²) in [6.07, 6.45) is 2.48. The van der Waals surface area contributed by atoms with Gasteiger partial charge in [0.15, 0.2) is 11.6 Å². The molecule has 2 heterocycles. The zero-order valence-corrected chi connectivity index (χ0v) is 13.5. The molecule has 6 heteroatoms. The van der Waals surface area contributed by atoms with E-state index in [1.54, 1.807) is 30.3 Å². The molecule has 23 heavy (non-hydrogen) atoms. The normalized spacial score (nSPS) is 17.1. The van der Waals surface area contributed by atoms with Crippen molar-refractivity contribution >= 4 is 0 Å². The van der Waals surface area contributed by atoms with Crippen molar-refractivity contribution in [2.24, 2.45) is 0 Å². The fourth-order valence-electron chi connectivity index (χ4n) is 2.07. The molecule has 1 saturated heterocycles. The number of ether oxygens (including phenoxy) is 2. The summed E-state index contributed by atoms with van der Waals surface area (Å²) < 4.78 is 25.4. The van der Waals surface area contributed by atoms with Gasteiger partial charge in [0, 0.05) is 32.3 Å². The second-order valence-corrected chi connectivity index (χ2v) is 5.09. The standard InChI is InChI=1S/C14H14FN3O2.C3H8.H2/c15-14-10(12-9-16-7-8-19-12)3-1-4-11(14)20-13-5-2-6-17-18-13;1-3-2;/h1-6,12,16H,7-9H2;3H2,1-2H3;1H/t12-;;/m0../s1. The van der Waals surface area contributed by atoms with Crippen molar-refractivity contribution in [2.45, 2.75) is 26.4 Å². The summed E-state index contributed by atoms with van der Waals surface area (Å²) in [5, 5.41) is 10.6. The molecule has 0 aliphatic carbocycles. The van der Waals surface area contributed by atoms with Gasteiger partial charge in [-0.1, -0.05) is 32.4 Å². The number of morpholine rings is 1. The Morgan fingerprint density at radius 2 is 2.17 bits per heavy atom. The van der Waals surface area contributed by atoms with Crippen LogP contribution in [-0.2, 0) is 4.74 Å². The zero-order valence-electron chi connectivity index (χ0n) is 13.5. The molecule has 0 saturated carbocycles. The van der Waals surface area contributed by atoms with E-state index in [0.717, 1.165) is 6.54 Å². The quantitative estimate of drug-likeness (QED) is 0.933. The van der Waals surface area contributed by atoms with Gasteiger partial charge >= 0.3 is 0 Å². The minimum absolute atomic E-state index is 0. The van der Waals surface area contributed by atoms with Crippen LogP contribution in [0.2, 0.25) is 0 Å². The Morgan fingerprint density at radius 1 is 1.35 bits per heavy atom. The van der Waals surface area contributed by atoms with E-state index in [-0.39, 0.29) is 19.2 Å². The molecule has 3 rings (SSSR count). The summed E-state index contributed by atoms with van der Waals surface area (Å²) in [6, 6.07) is 8.30. The van der Waals surface area contributed by atoms with Crippen LogP contribution >= 0.6 is 0 Å². The van der Waals surface area contributed by atoms with Gasteiger partial charge in [0.2, 0.25) is 5.88 Å². The van der Waals surface area contributed by atoms with Crippen molar-refractivity contribution in [1.29, 1.82) is 0 Å². The Hall–Kier alpha value is -2.05. The van der Waals surface area contributed by atoms with Gasteiger partial charge in [0.05, 0.1) is 12.7 Å². The summed E-state index contributed by atoms with van der Waals surface area (Å²) in [5.41, 5.74) is 0.485. The summed E-state index contributed by atoms with van der Waals surface area (Å²) >= 11 is 0. The number of hydrogen-bond acceptors (Lipinski definition) is 5. The second kappa shape index (κ2) is 9.17. The summed E-state index contributed by atoms with van der Waals surface area (Å²) in [5.74, 6) is -0.0461. The molecule has 0 amide bonds. The van der Waals surface area contributed by atoms with Crippen LogP contribution < -0.4 is 10.1 Å². The fourth-order valence-corrected chi connectivity index (χ4v) is 2.07. The number of aromatic nitrogens is 2. The van der Waals surface area contributed by atoms with Crippen molar-refractivity contribution in [3.63, 3.8) is 0 Å². The van der Waals surface area contributed by atoms with E-state index >= 15 is 0 Å². The molecule has 126 valence electrons. The van der Waals surface area contributed by atoms with Crippen LogP contribution in [0, 0.1) is 5.82 Å². The molecule has 0 unspecified atom stereocenters. The molecule has 1 aromatic carbocycles. The SMILES string of the molecule is CCC.Fc1c(Oc2cccnn2)cccc1[C@@H]1CNCCO1.[HH]. The van der Waals surface area contributed by atoms with Crippen molar-refractivity contribution in [1.82, 2.24) is 15.5 Å². The highest BCUT2D eigenvalue weighted by atomic mass is 19.1. The number of nitrogens with zero attached hydrogens (tertiary/aromatic N) is 2. The van der Waals surface area contributed by atoms with Crippen LogP contribution in [0.15, 0.2) is 36.5 Å². The predicted molar refractivity (Wildman–Crippen MR) is 88.1 cm³/mol. The third-order valence-corrected chi connectivity index (χ3v) is 3.03. The molecule has 1 aromatic heterocycles. The van der Waals surface area contributed by atoms with Crippen LogP contribution in [0.5, 0.6) is 11.6 Å². The van der Waals surface area contributed by atoms with Gasteiger partial charge in [-0.2, -0.15) is 5.10 Å². The lowest BCUT2D eigenvalue weighted by atomic mass is 10.1. The average molecular weight is 321 g/mol. The molecule has 2 aromatic rings. The lowest BCUT2D eigenvalue weighted by Gasteiger charge is -2.24. The van der Waals surface area contributed by atoms with Crippen LogP contribution in [0.25, 0.3) is 0 Å². The highest BCUT2D eigenvalue weighted by Crippen LogP contribution is 2.30. The Balaban J connectivity index is 0.000000671. The van der Waals surface area contributed by atoms with Gasteiger partial charge < -0.3 is 14.8 Å². The zero-order chi connectivity index (χ0) is 16.5. The molecule has 1 fully saturated rings. The van der Waals surface area contributed by atoms with E-state index in [2.05, 4.69) is 29.4 Å². The molecule has 1 aliphatic rings. The minimum atomic E-state index is -0.424. The van der Waals surface area contributed by atoms with Gasteiger partial charge in [-0.05, 0) is 12.1 Å². The Kier molecular flexibility index (Phi) is 6.90. The maximum atomic E-state index is 14.5. The molecular formula is C17H24FN3O2. The van der Waals surface area contributed by atoms with Crippen LogP contribution in [0.3, 0.4) is 0 Å². The van der Waals surface area contributed by atoms with Gasteiger partial charge in [0.25, 0.3) is 0 Å². The van der Waals surface area contributed by atoms with Crippen molar-refractivity contribution in [3.05, 3.63) is 47.9 Å². The third-order valence-electron chi connectivity index (χ3n) is 3.03. The van der Waals surface area contributed by atoms with Gasteiger partial charge in [0.1, 0.15) is 0 Å². The first-order valence-electron chi connectivity index (χ1n) is 7.82. The first kappa shape index (κ1) is 17.3. The van der Waals surface area contributed by atoms with Crippen LogP contribution in [-0.4, -0.2) is 29.9 Å². The fraction of sp³-hybridized carbons (Fsp3) is 0.412. The summed E-state index contributed by atoms with van der Waals surface area (Å²) in [4.78, 5) is 0. The number of nitrogens with one attached hydrogen (secondary N) is 1. The Morgan fingerprint density at radius 3 is 2.83 bits per heavy atom. The summed E-state index contributed by atoms with van der Waals surface area (Å²) in [7, 11) is 0. The molecule has 0 bridgehead atoms. The van der Waals surface area contributed by atoms with Gasteiger partial charge in [-0.25, -0.2) is 4.39 Å². The van der Waals surface area contributed by atoms with E-state index in [4.69, 9.17) is 9.47 Å². The number of benzene rings is 1. The molecule has 1 aliphatic heterocycles. The summed E-state index contributed by atoms with van der Waals surface area (Å²) in [6.45, 7) is 6.19. The van der Waals surface area contributed by atoms with E-state index in [1.807, 2.05) is 0 Å². The van der Waals surface area contributed by atoms with E-state index in [9.17, 15) is 4.39 Å². The lowest BCUT2D eigenvalue weighted by Crippen LogP contribution is -2.33.